The molecule has 0 aliphatic carbocycles. The maximum absolute atomic E-state index is 13.5. The molecule has 0 fully saturated rings. The van der Waals surface area contributed by atoms with Crippen LogP contribution < -0.4 is 10.3 Å². The summed E-state index contributed by atoms with van der Waals surface area (Å²) in [4.78, 5) is 36.7. The third kappa shape index (κ3) is 2.77. The Hall–Kier alpha value is -3.32. The van der Waals surface area contributed by atoms with Gasteiger partial charge in [0.2, 0.25) is 11.7 Å². The lowest BCUT2D eigenvalue weighted by atomic mass is 9.98. The predicted molar refractivity (Wildman–Crippen MR) is 112 cm³/mol. The average molecular weight is 448 g/mol. The summed E-state index contributed by atoms with van der Waals surface area (Å²) in [6.45, 7) is 1.91. The van der Waals surface area contributed by atoms with Gasteiger partial charge >= 0.3 is 0 Å². The molecule has 0 bridgehead atoms. The van der Waals surface area contributed by atoms with E-state index in [-0.39, 0.29) is 17.1 Å². The molecule has 0 saturated heterocycles. The van der Waals surface area contributed by atoms with E-state index in [1.165, 1.54) is 4.90 Å². The van der Waals surface area contributed by atoms with Crippen molar-refractivity contribution < 1.29 is 9.21 Å². The molecule has 2 aromatic heterocycles. The van der Waals surface area contributed by atoms with E-state index in [9.17, 15) is 9.59 Å². The van der Waals surface area contributed by atoms with Crippen LogP contribution in [0.25, 0.3) is 11.0 Å². The Labute approximate surface area is 174 Å². The van der Waals surface area contributed by atoms with Crippen molar-refractivity contribution in [2.45, 2.75) is 13.0 Å². The highest BCUT2D eigenvalue weighted by Crippen LogP contribution is 2.40. The lowest BCUT2D eigenvalue weighted by Crippen LogP contribution is -2.31. The molecule has 0 radical (unpaired) electrons. The molecule has 6 nitrogen and oxygen atoms in total. The van der Waals surface area contributed by atoms with Crippen LogP contribution in [0.2, 0.25) is 0 Å². The van der Waals surface area contributed by atoms with E-state index in [0.717, 1.165) is 15.6 Å². The predicted octanol–water partition coefficient (Wildman–Crippen LogP) is 4.40. The van der Waals surface area contributed by atoms with Gasteiger partial charge in [-0.2, -0.15) is 0 Å². The van der Waals surface area contributed by atoms with Crippen LogP contribution in [0.3, 0.4) is 0 Å². The topological polar surface area (TPSA) is 76.3 Å². The highest BCUT2D eigenvalue weighted by Gasteiger charge is 2.44. The van der Waals surface area contributed by atoms with Crippen LogP contribution >= 0.6 is 15.9 Å². The third-order valence-electron chi connectivity index (χ3n) is 4.96. The zero-order valence-corrected chi connectivity index (χ0v) is 16.9. The number of hydrogen-bond acceptors (Lipinski definition) is 5. The molecule has 7 heteroatoms. The number of hydrogen-bond donors (Lipinski definition) is 0. The monoisotopic (exact) mass is 447 g/mol. The lowest BCUT2D eigenvalue weighted by molar-refractivity contribution is 0.0969. The number of rotatable bonds is 2. The summed E-state index contributed by atoms with van der Waals surface area (Å²) in [5.74, 6) is -0.187. The number of halogens is 1. The molecule has 142 valence electrons. The number of carbonyl (C=O) groups excluding carboxylic acids is 1. The van der Waals surface area contributed by atoms with E-state index in [4.69, 9.17) is 4.42 Å². The Bertz CT molecular complexity index is 1330. The first-order valence-electron chi connectivity index (χ1n) is 8.98. The molecule has 4 aromatic rings. The highest BCUT2D eigenvalue weighted by atomic mass is 79.9. The number of benzene rings is 2. The quantitative estimate of drug-likeness (QED) is 0.454. The number of amides is 1. The first-order chi connectivity index (χ1) is 14.0. The van der Waals surface area contributed by atoms with Gasteiger partial charge in [0.15, 0.2) is 5.43 Å². The summed E-state index contributed by atoms with van der Waals surface area (Å²) >= 11 is 3.47. The fourth-order valence-electron chi connectivity index (χ4n) is 3.70. The van der Waals surface area contributed by atoms with Gasteiger partial charge in [-0.1, -0.05) is 39.7 Å². The van der Waals surface area contributed by atoms with Gasteiger partial charge in [-0.05, 0) is 42.8 Å². The van der Waals surface area contributed by atoms with Crippen LogP contribution in [-0.2, 0) is 0 Å². The Morgan fingerprint density at radius 1 is 1.03 bits per heavy atom. The maximum atomic E-state index is 13.5. The second kappa shape index (κ2) is 6.63. The minimum Gasteiger partial charge on any atom is -0.450 e. The molecular formula is C22H14BrN3O3. The van der Waals surface area contributed by atoms with E-state index >= 15 is 0 Å². The summed E-state index contributed by atoms with van der Waals surface area (Å²) in [6, 6.07) is 13.8. The molecule has 1 atom stereocenters. The molecule has 5 rings (SSSR count). The zero-order chi connectivity index (χ0) is 20.1. The molecule has 1 amide bonds. The summed E-state index contributed by atoms with van der Waals surface area (Å²) < 4.78 is 6.77. The van der Waals surface area contributed by atoms with E-state index in [1.54, 1.807) is 30.6 Å². The Morgan fingerprint density at radius 3 is 2.59 bits per heavy atom. The van der Waals surface area contributed by atoms with Gasteiger partial charge in [0.25, 0.3) is 5.91 Å². The fraction of sp³-hybridized carbons (Fsp3) is 0.0909. The fourth-order valence-corrected chi connectivity index (χ4v) is 4.12. The normalized spacial score (nSPS) is 15.7. The van der Waals surface area contributed by atoms with E-state index in [2.05, 4.69) is 25.9 Å². The summed E-state index contributed by atoms with van der Waals surface area (Å²) in [5, 5.41) is 0.451. The largest absolute Gasteiger partial charge is 0.450 e. The van der Waals surface area contributed by atoms with Gasteiger partial charge in [-0.15, -0.1) is 0 Å². The number of aromatic nitrogens is 2. The van der Waals surface area contributed by atoms with Crippen molar-refractivity contribution in [2.75, 3.05) is 4.90 Å². The van der Waals surface area contributed by atoms with Gasteiger partial charge in [-0.3, -0.25) is 14.5 Å². The second-order valence-corrected chi connectivity index (χ2v) is 7.77. The molecule has 1 aliphatic rings. The number of nitrogens with zero attached hydrogens (tertiary/aromatic N) is 3. The Balaban J connectivity index is 1.84. The van der Waals surface area contributed by atoms with Crippen LogP contribution in [0.15, 0.2) is 74.6 Å². The summed E-state index contributed by atoms with van der Waals surface area (Å²) in [7, 11) is 0. The Kier molecular flexibility index (Phi) is 4.06. The average Bonchev–Trinajstić information content (AvgIpc) is 3.02. The lowest BCUT2D eigenvalue weighted by Gasteiger charge is -2.23. The van der Waals surface area contributed by atoms with E-state index in [0.29, 0.717) is 16.5 Å². The van der Waals surface area contributed by atoms with Crippen molar-refractivity contribution in [1.29, 1.82) is 0 Å². The molecule has 0 spiro atoms. The Morgan fingerprint density at radius 2 is 1.83 bits per heavy atom. The highest BCUT2D eigenvalue weighted by molar-refractivity contribution is 9.10. The molecule has 0 saturated carbocycles. The molecule has 1 aliphatic heterocycles. The van der Waals surface area contributed by atoms with Crippen molar-refractivity contribution >= 4 is 38.8 Å². The smallest absolute Gasteiger partial charge is 0.297 e. The van der Waals surface area contributed by atoms with Gasteiger partial charge in [0.1, 0.15) is 5.58 Å². The van der Waals surface area contributed by atoms with Crippen molar-refractivity contribution in [3.8, 4) is 0 Å². The van der Waals surface area contributed by atoms with Crippen molar-refractivity contribution in [3.63, 3.8) is 0 Å². The van der Waals surface area contributed by atoms with Crippen LogP contribution in [0, 0.1) is 6.92 Å². The molecule has 1 unspecified atom stereocenters. The standard InChI is InChI=1S/C22H14BrN3O3/c1-12-6-7-16-15(10-12)19(27)17-18(13-4-2-5-14(23)11-13)26(21(28)20(17)29-16)22-24-8-3-9-25-22/h2-11,18H,1H3. The van der Waals surface area contributed by atoms with Gasteiger partial charge in [0.05, 0.1) is 17.0 Å². The minimum absolute atomic E-state index is 0.0313. The number of carbonyl (C=O) groups is 1. The zero-order valence-electron chi connectivity index (χ0n) is 15.3. The van der Waals surface area contributed by atoms with Gasteiger partial charge in [0, 0.05) is 16.9 Å². The third-order valence-corrected chi connectivity index (χ3v) is 5.45. The molecular weight excluding hydrogens is 434 g/mol. The summed E-state index contributed by atoms with van der Waals surface area (Å²) in [5.41, 5.74) is 2.17. The van der Waals surface area contributed by atoms with Crippen molar-refractivity contribution in [1.82, 2.24) is 9.97 Å². The molecule has 2 aromatic carbocycles. The second-order valence-electron chi connectivity index (χ2n) is 6.86. The van der Waals surface area contributed by atoms with Crippen LogP contribution in [0.1, 0.15) is 33.3 Å². The van der Waals surface area contributed by atoms with Gasteiger partial charge < -0.3 is 4.42 Å². The molecule has 0 N–H and O–H groups in total. The first-order valence-corrected chi connectivity index (χ1v) is 9.77. The number of fused-ring (bicyclic) bond motifs is 2. The maximum Gasteiger partial charge on any atom is 0.297 e. The van der Waals surface area contributed by atoms with Crippen LogP contribution in [0.5, 0.6) is 0 Å². The first kappa shape index (κ1) is 17.8. The van der Waals surface area contributed by atoms with E-state index in [1.807, 2.05) is 37.3 Å². The van der Waals surface area contributed by atoms with Crippen molar-refractivity contribution in [2.24, 2.45) is 0 Å². The molecule has 3 heterocycles. The number of aryl methyl sites for hydroxylation is 1. The number of anilines is 1. The van der Waals surface area contributed by atoms with Gasteiger partial charge in [-0.25, -0.2) is 9.97 Å². The van der Waals surface area contributed by atoms with Crippen molar-refractivity contribution in [3.05, 3.63) is 98.1 Å². The van der Waals surface area contributed by atoms with Crippen LogP contribution in [-0.4, -0.2) is 15.9 Å². The SMILES string of the molecule is Cc1ccc2oc3c(c(=O)c2c1)C(c1cccc(Br)c1)N(c1ncccn1)C3=O. The van der Waals surface area contributed by atoms with E-state index < -0.39 is 11.9 Å². The summed E-state index contributed by atoms with van der Waals surface area (Å²) in [6.07, 6.45) is 3.12. The minimum atomic E-state index is -0.682. The molecule has 29 heavy (non-hydrogen) atoms. The van der Waals surface area contributed by atoms with Crippen LogP contribution in [0.4, 0.5) is 5.95 Å².